The maximum atomic E-state index is 13.5. The van der Waals surface area contributed by atoms with Crippen LogP contribution >= 0.6 is 11.6 Å². The van der Waals surface area contributed by atoms with Gasteiger partial charge in [-0.25, -0.2) is 18.7 Å². The van der Waals surface area contributed by atoms with Gasteiger partial charge in [-0.3, -0.25) is 9.48 Å². The molecule has 4 rings (SSSR count). The first-order valence-corrected chi connectivity index (χ1v) is 8.79. The molecule has 0 radical (unpaired) electrons. The molecule has 26 heavy (non-hydrogen) atoms. The van der Waals surface area contributed by atoms with E-state index >= 15 is 0 Å². The largest absolute Gasteiger partial charge is 0.348 e. The average Bonchev–Trinajstić information content (AvgIpc) is 3.14. The van der Waals surface area contributed by atoms with Gasteiger partial charge in [0.15, 0.2) is 11.0 Å². The maximum Gasteiger partial charge on any atom is 0.266 e. The van der Waals surface area contributed by atoms with Crippen molar-refractivity contribution in [3.05, 3.63) is 29.4 Å². The van der Waals surface area contributed by atoms with Gasteiger partial charge >= 0.3 is 0 Å². The molecule has 2 aromatic rings. The molecular formula is C16H17ClF2N6O. The summed E-state index contributed by atoms with van der Waals surface area (Å²) in [5, 5.41) is 6.88. The number of rotatable bonds is 4. The number of amides is 1. The third-order valence-corrected chi connectivity index (χ3v) is 5.09. The van der Waals surface area contributed by atoms with E-state index in [1.165, 1.54) is 17.4 Å². The molecule has 1 saturated carbocycles. The Morgan fingerprint density at radius 3 is 2.81 bits per heavy atom. The lowest BCUT2D eigenvalue weighted by Crippen LogP contribution is -2.27. The number of hydrogen-bond acceptors (Lipinski definition) is 5. The summed E-state index contributed by atoms with van der Waals surface area (Å²) in [7, 11) is 0. The molecule has 0 unspecified atom stereocenters. The molecule has 0 bridgehead atoms. The van der Waals surface area contributed by atoms with E-state index in [0.717, 1.165) is 19.3 Å². The summed E-state index contributed by atoms with van der Waals surface area (Å²) in [6.07, 6.45) is 7.35. The minimum Gasteiger partial charge on any atom is -0.348 e. The van der Waals surface area contributed by atoms with Crippen LogP contribution in [0.5, 0.6) is 0 Å². The highest BCUT2D eigenvalue weighted by molar-refractivity contribution is 6.33. The van der Waals surface area contributed by atoms with Crippen LogP contribution in [0.4, 0.5) is 20.3 Å². The summed E-state index contributed by atoms with van der Waals surface area (Å²) in [5.74, 6) is -3.02. The Labute approximate surface area is 153 Å². The standard InChI is InChI=1S/C16H17ClF2N6O/c17-13-12(14(21-9-20-13)24-5-4-16(18,19)8-24)23-15(26)10-6-22-25(7-10)11-2-1-3-11/h6-7,9,11H,1-5,8H2,(H,23,26). The van der Waals surface area contributed by atoms with E-state index < -0.39 is 18.4 Å². The van der Waals surface area contributed by atoms with Crippen LogP contribution in [0.1, 0.15) is 42.1 Å². The second-order valence-corrected chi connectivity index (χ2v) is 7.00. The Kier molecular flexibility index (Phi) is 4.26. The smallest absolute Gasteiger partial charge is 0.266 e. The van der Waals surface area contributed by atoms with Gasteiger partial charge in [0, 0.05) is 19.2 Å². The molecule has 138 valence electrons. The molecule has 0 aromatic carbocycles. The topological polar surface area (TPSA) is 75.9 Å². The Morgan fingerprint density at radius 2 is 2.15 bits per heavy atom. The summed E-state index contributed by atoms with van der Waals surface area (Å²) >= 11 is 6.10. The first-order chi connectivity index (χ1) is 12.4. The van der Waals surface area contributed by atoms with Crippen LogP contribution in [0.2, 0.25) is 5.15 Å². The fourth-order valence-electron chi connectivity index (χ4n) is 3.11. The molecule has 1 amide bonds. The summed E-state index contributed by atoms with van der Waals surface area (Å²) in [5.41, 5.74) is 0.503. The number of aromatic nitrogens is 4. The zero-order valence-electron chi connectivity index (χ0n) is 13.8. The summed E-state index contributed by atoms with van der Waals surface area (Å²) in [6, 6.07) is 0.336. The van der Waals surface area contributed by atoms with Crippen LogP contribution in [0.25, 0.3) is 0 Å². The minimum absolute atomic E-state index is 0.00458. The molecule has 3 heterocycles. The number of halogens is 3. The van der Waals surface area contributed by atoms with Gasteiger partial charge in [-0.1, -0.05) is 11.6 Å². The number of hydrogen-bond donors (Lipinski definition) is 1. The van der Waals surface area contributed by atoms with Gasteiger partial charge in [0.2, 0.25) is 0 Å². The molecule has 2 aromatic heterocycles. The number of carbonyl (C=O) groups excluding carboxylic acids is 1. The first kappa shape index (κ1) is 17.1. The predicted octanol–water partition coefficient (Wildman–Crippen LogP) is 3.15. The van der Waals surface area contributed by atoms with E-state index in [9.17, 15) is 13.6 Å². The van der Waals surface area contributed by atoms with Crippen LogP contribution in [0.3, 0.4) is 0 Å². The van der Waals surface area contributed by atoms with E-state index in [2.05, 4.69) is 20.4 Å². The molecule has 2 aliphatic rings. The van der Waals surface area contributed by atoms with E-state index in [1.807, 2.05) is 0 Å². The van der Waals surface area contributed by atoms with Crippen molar-refractivity contribution < 1.29 is 13.6 Å². The molecule has 1 aliphatic carbocycles. The monoisotopic (exact) mass is 382 g/mol. The number of anilines is 2. The van der Waals surface area contributed by atoms with Gasteiger partial charge in [-0.15, -0.1) is 0 Å². The average molecular weight is 383 g/mol. The minimum atomic E-state index is -2.79. The second-order valence-electron chi connectivity index (χ2n) is 6.64. The normalized spacial score (nSPS) is 19.4. The summed E-state index contributed by atoms with van der Waals surface area (Å²) < 4.78 is 28.9. The molecule has 1 aliphatic heterocycles. The van der Waals surface area contributed by atoms with Crippen molar-refractivity contribution in [2.45, 2.75) is 37.6 Å². The van der Waals surface area contributed by atoms with Crippen molar-refractivity contribution in [1.82, 2.24) is 19.7 Å². The van der Waals surface area contributed by atoms with E-state index in [4.69, 9.17) is 11.6 Å². The molecule has 1 N–H and O–H groups in total. The van der Waals surface area contributed by atoms with E-state index in [0.29, 0.717) is 11.6 Å². The van der Waals surface area contributed by atoms with Crippen LogP contribution in [0.15, 0.2) is 18.7 Å². The molecule has 7 nitrogen and oxygen atoms in total. The van der Waals surface area contributed by atoms with Gasteiger partial charge in [-0.05, 0) is 19.3 Å². The van der Waals surface area contributed by atoms with Gasteiger partial charge in [0.25, 0.3) is 11.8 Å². The second kappa shape index (κ2) is 6.46. The Morgan fingerprint density at radius 1 is 1.35 bits per heavy atom. The number of carbonyl (C=O) groups is 1. The fraction of sp³-hybridized carbons (Fsp3) is 0.500. The predicted molar refractivity (Wildman–Crippen MR) is 91.9 cm³/mol. The Bertz CT molecular complexity index is 838. The highest BCUT2D eigenvalue weighted by Crippen LogP contribution is 2.36. The molecule has 0 spiro atoms. The van der Waals surface area contributed by atoms with Crippen molar-refractivity contribution >= 4 is 29.0 Å². The summed E-state index contributed by atoms with van der Waals surface area (Å²) in [6.45, 7) is -0.342. The van der Waals surface area contributed by atoms with Crippen LogP contribution < -0.4 is 10.2 Å². The lowest BCUT2D eigenvalue weighted by atomic mass is 9.93. The van der Waals surface area contributed by atoms with Crippen molar-refractivity contribution in [3.63, 3.8) is 0 Å². The zero-order valence-corrected chi connectivity index (χ0v) is 14.6. The lowest BCUT2D eigenvalue weighted by molar-refractivity contribution is 0.0257. The number of alkyl halides is 2. The molecule has 2 fully saturated rings. The third-order valence-electron chi connectivity index (χ3n) is 4.80. The molecule has 10 heteroatoms. The third kappa shape index (κ3) is 3.23. The van der Waals surface area contributed by atoms with Crippen LogP contribution in [-0.4, -0.2) is 44.7 Å². The van der Waals surface area contributed by atoms with Crippen LogP contribution in [-0.2, 0) is 0 Å². The molecule has 1 saturated heterocycles. The fourth-order valence-corrected chi connectivity index (χ4v) is 3.29. The zero-order chi connectivity index (χ0) is 18.3. The molecular weight excluding hydrogens is 366 g/mol. The SMILES string of the molecule is O=C(Nc1c(Cl)ncnc1N1CCC(F)(F)C1)c1cnn(C2CCC2)c1. The summed E-state index contributed by atoms with van der Waals surface area (Å²) in [4.78, 5) is 21.9. The van der Waals surface area contributed by atoms with Gasteiger partial charge in [0.05, 0.1) is 24.3 Å². The Balaban J connectivity index is 1.55. The van der Waals surface area contributed by atoms with E-state index in [-0.39, 0.29) is 29.6 Å². The highest BCUT2D eigenvalue weighted by Gasteiger charge is 2.40. The van der Waals surface area contributed by atoms with Crippen molar-refractivity contribution in [3.8, 4) is 0 Å². The number of nitrogens with one attached hydrogen (secondary N) is 1. The van der Waals surface area contributed by atoms with Gasteiger partial charge in [-0.2, -0.15) is 5.10 Å². The quantitative estimate of drug-likeness (QED) is 0.822. The van der Waals surface area contributed by atoms with Crippen molar-refractivity contribution in [2.75, 3.05) is 23.3 Å². The van der Waals surface area contributed by atoms with Gasteiger partial charge in [0.1, 0.15) is 12.0 Å². The molecule has 0 atom stereocenters. The maximum absolute atomic E-state index is 13.5. The van der Waals surface area contributed by atoms with Crippen molar-refractivity contribution in [2.24, 2.45) is 0 Å². The number of nitrogens with zero attached hydrogens (tertiary/aromatic N) is 5. The van der Waals surface area contributed by atoms with Gasteiger partial charge < -0.3 is 10.2 Å². The van der Waals surface area contributed by atoms with Crippen molar-refractivity contribution in [1.29, 1.82) is 0 Å². The highest BCUT2D eigenvalue weighted by atomic mass is 35.5. The van der Waals surface area contributed by atoms with E-state index in [1.54, 1.807) is 10.9 Å². The first-order valence-electron chi connectivity index (χ1n) is 8.42. The van der Waals surface area contributed by atoms with Crippen LogP contribution in [0, 0.1) is 0 Å². The Hall–Kier alpha value is -2.29. The lowest BCUT2D eigenvalue weighted by Gasteiger charge is -2.25.